The van der Waals surface area contributed by atoms with Crippen molar-refractivity contribution in [3.8, 4) is 5.75 Å². The lowest BCUT2D eigenvalue weighted by molar-refractivity contribution is 0.306. The highest BCUT2D eigenvalue weighted by atomic mass is 35.5. The summed E-state index contributed by atoms with van der Waals surface area (Å²) in [5, 5.41) is 4.10. The first-order valence-electron chi connectivity index (χ1n) is 6.42. The third kappa shape index (κ3) is 6.54. The van der Waals surface area contributed by atoms with Crippen LogP contribution < -0.4 is 10.1 Å². The summed E-state index contributed by atoms with van der Waals surface area (Å²) >= 11 is 5.98. The Balaban J connectivity index is 1.99. The minimum absolute atomic E-state index is 0.688. The zero-order valence-electron chi connectivity index (χ0n) is 10.5. The van der Waals surface area contributed by atoms with Gasteiger partial charge in [0, 0.05) is 0 Å². The molecule has 1 rings (SSSR count). The first-order chi connectivity index (χ1) is 8.34. The second-order valence-corrected chi connectivity index (χ2v) is 4.50. The summed E-state index contributed by atoms with van der Waals surface area (Å²) in [5.74, 6) is 0.785. The van der Waals surface area contributed by atoms with Crippen LogP contribution in [0, 0.1) is 0 Å². The molecule has 0 radical (unpaired) electrons. The topological polar surface area (TPSA) is 21.3 Å². The summed E-state index contributed by atoms with van der Waals surface area (Å²) in [4.78, 5) is 0. The highest BCUT2D eigenvalue weighted by Gasteiger charge is 1.98. The molecule has 0 fully saturated rings. The molecule has 0 unspecified atom stereocenters. The first kappa shape index (κ1) is 14.3. The van der Waals surface area contributed by atoms with Crippen LogP contribution in [-0.4, -0.2) is 19.7 Å². The maximum Gasteiger partial charge on any atom is 0.137 e. The number of benzene rings is 1. The van der Waals surface area contributed by atoms with Crippen LogP contribution in [0.2, 0.25) is 5.02 Å². The fourth-order valence-corrected chi connectivity index (χ4v) is 1.71. The normalized spacial score (nSPS) is 10.5. The predicted octanol–water partition coefficient (Wildman–Crippen LogP) is 3.89. The van der Waals surface area contributed by atoms with Gasteiger partial charge in [0.05, 0.1) is 11.6 Å². The third-order valence-electron chi connectivity index (χ3n) is 2.55. The Hall–Kier alpha value is -0.730. The lowest BCUT2D eigenvalue weighted by Crippen LogP contribution is -2.17. The van der Waals surface area contributed by atoms with Gasteiger partial charge in [-0.15, -0.1) is 0 Å². The molecular weight excluding hydrogens is 234 g/mol. The van der Waals surface area contributed by atoms with Crippen molar-refractivity contribution in [2.24, 2.45) is 0 Å². The highest BCUT2D eigenvalue weighted by Crippen LogP contribution is 2.23. The van der Waals surface area contributed by atoms with Gasteiger partial charge in [-0.05, 0) is 44.5 Å². The number of rotatable bonds is 9. The number of nitrogens with one attached hydrogen (secondary N) is 1. The van der Waals surface area contributed by atoms with Gasteiger partial charge in [0.2, 0.25) is 0 Å². The fraction of sp³-hybridized carbons (Fsp3) is 0.571. The smallest absolute Gasteiger partial charge is 0.137 e. The van der Waals surface area contributed by atoms with Gasteiger partial charge < -0.3 is 10.1 Å². The maximum absolute atomic E-state index is 5.98. The zero-order chi connectivity index (χ0) is 12.3. The average Bonchev–Trinajstić information content (AvgIpc) is 2.35. The molecule has 1 N–H and O–H groups in total. The van der Waals surface area contributed by atoms with Crippen LogP contribution in [0.3, 0.4) is 0 Å². The summed E-state index contributed by atoms with van der Waals surface area (Å²) in [6.45, 7) is 5.14. The Morgan fingerprint density at radius 2 is 1.88 bits per heavy atom. The van der Waals surface area contributed by atoms with Gasteiger partial charge in [-0.1, -0.05) is 37.1 Å². The second kappa shape index (κ2) is 9.32. The van der Waals surface area contributed by atoms with E-state index in [0.717, 1.165) is 38.3 Å². The monoisotopic (exact) mass is 255 g/mol. The SMILES string of the molecule is CCCCNCCCCOc1ccccc1Cl. The van der Waals surface area contributed by atoms with E-state index in [9.17, 15) is 0 Å². The van der Waals surface area contributed by atoms with Crippen LogP contribution in [0.1, 0.15) is 32.6 Å². The molecule has 96 valence electrons. The molecule has 0 aromatic heterocycles. The van der Waals surface area contributed by atoms with Gasteiger partial charge in [-0.25, -0.2) is 0 Å². The van der Waals surface area contributed by atoms with Crippen molar-refractivity contribution >= 4 is 11.6 Å². The zero-order valence-corrected chi connectivity index (χ0v) is 11.3. The Bertz CT molecular complexity index is 304. The lowest BCUT2D eigenvalue weighted by Gasteiger charge is -2.08. The summed E-state index contributed by atoms with van der Waals surface area (Å²) in [6.07, 6.45) is 4.72. The molecule has 0 aliphatic heterocycles. The molecule has 17 heavy (non-hydrogen) atoms. The van der Waals surface area contributed by atoms with Crippen molar-refractivity contribution in [1.82, 2.24) is 5.32 Å². The predicted molar refractivity (Wildman–Crippen MR) is 74.0 cm³/mol. The summed E-state index contributed by atoms with van der Waals surface area (Å²) in [6, 6.07) is 7.60. The minimum atomic E-state index is 0.688. The average molecular weight is 256 g/mol. The Labute approximate surface area is 109 Å². The quantitative estimate of drug-likeness (QED) is 0.676. The molecule has 0 aliphatic carbocycles. The van der Waals surface area contributed by atoms with E-state index in [1.54, 1.807) is 0 Å². The Kier molecular flexibility index (Phi) is 7.85. The Morgan fingerprint density at radius 1 is 1.12 bits per heavy atom. The van der Waals surface area contributed by atoms with Crippen molar-refractivity contribution in [2.45, 2.75) is 32.6 Å². The number of ether oxygens (including phenoxy) is 1. The van der Waals surface area contributed by atoms with Gasteiger partial charge in [0.1, 0.15) is 5.75 Å². The van der Waals surface area contributed by atoms with Crippen molar-refractivity contribution < 1.29 is 4.74 Å². The van der Waals surface area contributed by atoms with E-state index in [0.29, 0.717) is 5.02 Å². The van der Waals surface area contributed by atoms with Crippen molar-refractivity contribution in [3.05, 3.63) is 29.3 Å². The first-order valence-corrected chi connectivity index (χ1v) is 6.80. The molecule has 0 amide bonds. The van der Waals surface area contributed by atoms with Crippen LogP contribution in [-0.2, 0) is 0 Å². The summed E-state index contributed by atoms with van der Waals surface area (Å²) in [5.41, 5.74) is 0. The van der Waals surface area contributed by atoms with Crippen LogP contribution in [0.5, 0.6) is 5.75 Å². The minimum Gasteiger partial charge on any atom is -0.492 e. The second-order valence-electron chi connectivity index (χ2n) is 4.09. The molecule has 2 nitrogen and oxygen atoms in total. The van der Waals surface area contributed by atoms with Crippen LogP contribution >= 0.6 is 11.6 Å². The fourth-order valence-electron chi connectivity index (χ4n) is 1.52. The molecule has 0 saturated carbocycles. The van der Waals surface area contributed by atoms with E-state index in [2.05, 4.69) is 12.2 Å². The summed E-state index contributed by atoms with van der Waals surface area (Å²) in [7, 11) is 0. The van der Waals surface area contributed by atoms with E-state index in [4.69, 9.17) is 16.3 Å². The largest absolute Gasteiger partial charge is 0.492 e. The molecule has 1 aromatic rings. The van der Waals surface area contributed by atoms with Crippen LogP contribution in [0.15, 0.2) is 24.3 Å². The van der Waals surface area contributed by atoms with Gasteiger partial charge in [-0.2, -0.15) is 0 Å². The number of hydrogen-bond acceptors (Lipinski definition) is 2. The molecular formula is C14H22ClNO. The Morgan fingerprint density at radius 3 is 2.65 bits per heavy atom. The van der Waals surface area contributed by atoms with Crippen molar-refractivity contribution in [1.29, 1.82) is 0 Å². The van der Waals surface area contributed by atoms with Crippen LogP contribution in [0.4, 0.5) is 0 Å². The van der Waals surface area contributed by atoms with Crippen molar-refractivity contribution in [3.63, 3.8) is 0 Å². The van der Waals surface area contributed by atoms with E-state index >= 15 is 0 Å². The molecule has 0 heterocycles. The highest BCUT2D eigenvalue weighted by molar-refractivity contribution is 6.32. The van der Waals surface area contributed by atoms with Gasteiger partial charge in [-0.3, -0.25) is 0 Å². The standard InChI is InChI=1S/C14H22ClNO/c1-2-3-10-16-11-6-7-12-17-14-9-5-4-8-13(14)15/h4-5,8-9,16H,2-3,6-7,10-12H2,1H3. The lowest BCUT2D eigenvalue weighted by atomic mass is 10.3. The van der Waals surface area contributed by atoms with Gasteiger partial charge >= 0.3 is 0 Å². The maximum atomic E-state index is 5.98. The summed E-state index contributed by atoms with van der Waals surface area (Å²) < 4.78 is 5.60. The van der Waals surface area contributed by atoms with E-state index in [1.165, 1.54) is 12.8 Å². The molecule has 0 spiro atoms. The molecule has 0 aliphatic rings. The molecule has 0 atom stereocenters. The molecule has 3 heteroatoms. The van der Waals surface area contributed by atoms with E-state index in [1.807, 2.05) is 24.3 Å². The van der Waals surface area contributed by atoms with E-state index in [-0.39, 0.29) is 0 Å². The molecule has 0 saturated heterocycles. The van der Waals surface area contributed by atoms with Crippen molar-refractivity contribution in [2.75, 3.05) is 19.7 Å². The van der Waals surface area contributed by atoms with Gasteiger partial charge in [0.15, 0.2) is 0 Å². The van der Waals surface area contributed by atoms with Gasteiger partial charge in [0.25, 0.3) is 0 Å². The van der Waals surface area contributed by atoms with E-state index < -0.39 is 0 Å². The third-order valence-corrected chi connectivity index (χ3v) is 2.86. The molecule has 0 bridgehead atoms. The number of unbranched alkanes of at least 4 members (excludes halogenated alkanes) is 2. The molecule has 1 aromatic carbocycles. The number of hydrogen-bond donors (Lipinski definition) is 1. The number of halogens is 1. The van der Waals surface area contributed by atoms with Crippen LogP contribution in [0.25, 0.3) is 0 Å². The number of para-hydroxylation sites is 1.